The number of carboxylic acids is 1. The molecule has 0 aromatic heterocycles. The lowest BCUT2D eigenvalue weighted by Crippen LogP contribution is -3.12. The summed E-state index contributed by atoms with van der Waals surface area (Å²) in [5.74, 6) is -1.58. The number of hydrogen-bond acceptors (Lipinski definition) is 4. The number of benzene rings is 2. The first kappa shape index (κ1) is 17.5. The van der Waals surface area contributed by atoms with E-state index in [9.17, 15) is 14.7 Å². The lowest BCUT2D eigenvalue weighted by molar-refractivity contribution is -0.878. The fourth-order valence-electron chi connectivity index (χ4n) is 2.25. The number of carbonyl (C=O) groups is 2. The highest BCUT2D eigenvalue weighted by molar-refractivity contribution is 5.93. The average molecular weight is 327 g/mol. The van der Waals surface area contributed by atoms with E-state index in [4.69, 9.17) is 0 Å². The quantitative estimate of drug-likeness (QED) is 0.669. The van der Waals surface area contributed by atoms with Crippen LogP contribution in [0.5, 0.6) is 0 Å². The number of quaternary nitrogens is 1. The maximum absolute atomic E-state index is 12.0. The normalized spacial score (nSPS) is 11.8. The molecule has 2 aromatic carbocycles. The number of carbonyl (C=O) groups excluding carboxylic acids is 2. The highest BCUT2D eigenvalue weighted by atomic mass is 16.4. The summed E-state index contributed by atoms with van der Waals surface area (Å²) < 4.78 is 0. The van der Waals surface area contributed by atoms with Gasteiger partial charge in [-0.25, -0.2) is 0 Å². The van der Waals surface area contributed by atoms with E-state index in [1.165, 1.54) is 0 Å². The molecule has 2 rings (SSSR count). The first-order valence-electron chi connectivity index (χ1n) is 7.68. The Morgan fingerprint density at radius 3 is 2.04 bits per heavy atom. The smallest absolute Gasteiger partial charge is 0.230 e. The Bertz CT molecular complexity index is 684. The molecular formula is C18H21N3O3. The predicted molar refractivity (Wildman–Crippen MR) is 91.0 cm³/mol. The molecule has 24 heavy (non-hydrogen) atoms. The van der Waals surface area contributed by atoms with Crippen molar-refractivity contribution < 1.29 is 19.6 Å². The van der Waals surface area contributed by atoms with Crippen molar-refractivity contribution in [2.75, 3.05) is 24.7 Å². The minimum atomic E-state index is -1.23. The molecule has 0 aliphatic rings. The van der Waals surface area contributed by atoms with Crippen molar-refractivity contribution in [2.45, 2.75) is 12.5 Å². The van der Waals surface area contributed by atoms with E-state index in [1.807, 2.05) is 42.5 Å². The molecule has 1 amide bonds. The van der Waals surface area contributed by atoms with Gasteiger partial charge in [-0.3, -0.25) is 4.79 Å². The van der Waals surface area contributed by atoms with Gasteiger partial charge in [0.1, 0.15) is 6.04 Å². The van der Waals surface area contributed by atoms with Crippen molar-refractivity contribution in [2.24, 2.45) is 0 Å². The van der Waals surface area contributed by atoms with Crippen molar-refractivity contribution in [3.8, 4) is 0 Å². The van der Waals surface area contributed by atoms with Crippen LogP contribution in [0.15, 0.2) is 54.6 Å². The van der Waals surface area contributed by atoms with Crippen LogP contribution in [-0.4, -0.2) is 32.0 Å². The topological polar surface area (TPSA) is 85.7 Å². The van der Waals surface area contributed by atoms with Crippen LogP contribution in [-0.2, 0) is 9.59 Å². The molecule has 0 aliphatic carbocycles. The van der Waals surface area contributed by atoms with Gasteiger partial charge >= 0.3 is 0 Å². The number of aliphatic carboxylic acids is 1. The molecule has 2 aromatic rings. The molecular weight excluding hydrogens is 306 g/mol. The van der Waals surface area contributed by atoms with Gasteiger partial charge in [0.25, 0.3) is 0 Å². The standard InChI is InChI=1S/C18H21N3O3/c1-21(2)16(18(23)24)12-17(22)20-15-10-8-14(9-11-15)19-13-6-4-3-5-7-13/h3-11,16,19H,12H2,1-2H3,(H,20,22)(H,23,24)/t16-/m1/s1. The Morgan fingerprint density at radius 2 is 1.50 bits per heavy atom. The van der Waals surface area contributed by atoms with Gasteiger partial charge in [0, 0.05) is 17.1 Å². The average Bonchev–Trinajstić information content (AvgIpc) is 2.55. The molecule has 0 unspecified atom stereocenters. The van der Waals surface area contributed by atoms with E-state index in [0.717, 1.165) is 11.4 Å². The van der Waals surface area contributed by atoms with Crippen molar-refractivity contribution in [3.63, 3.8) is 0 Å². The van der Waals surface area contributed by atoms with E-state index in [1.54, 1.807) is 26.2 Å². The first-order chi connectivity index (χ1) is 11.5. The maximum atomic E-state index is 12.0. The Balaban J connectivity index is 1.93. The number of nitrogens with one attached hydrogen (secondary N) is 3. The number of anilines is 3. The fraction of sp³-hybridized carbons (Fsp3) is 0.222. The molecule has 0 bridgehead atoms. The second-order valence-corrected chi connectivity index (χ2v) is 5.77. The van der Waals surface area contributed by atoms with Crippen LogP contribution in [0.1, 0.15) is 6.42 Å². The molecule has 0 saturated carbocycles. The largest absolute Gasteiger partial charge is 0.544 e. The van der Waals surface area contributed by atoms with Gasteiger partial charge in [0.2, 0.25) is 5.91 Å². The summed E-state index contributed by atoms with van der Waals surface area (Å²) in [7, 11) is 3.36. The summed E-state index contributed by atoms with van der Waals surface area (Å²) in [6, 6.07) is 16.1. The third-order valence-corrected chi connectivity index (χ3v) is 3.60. The molecule has 1 atom stereocenters. The van der Waals surface area contributed by atoms with Gasteiger partial charge in [-0.1, -0.05) is 18.2 Å². The zero-order valence-corrected chi connectivity index (χ0v) is 13.7. The van der Waals surface area contributed by atoms with Crippen molar-refractivity contribution in [1.82, 2.24) is 0 Å². The zero-order chi connectivity index (χ0) is 17.5. The second-order valence-electron chi connectivity index (χ2n) is 5.77. The highest BCUT2D eigenvalue weighted by Gasteiger charge is 2.20. The van der Waals surface area contributed by atoms with Crippen LogP contribution >= 0.6 is 0 Å². The molecule has 6 nitrogen and oxygen atoms in total. The van der Waals surface area contributed by atoms with E-state index in [0.29, 0.717) is 10.6 Å². The van der Waals surface area contributed by atoms with Gasteiger partial charge in [-0.2, -0.15) is 0 Å². The predicted octanol–water partition coefficient (Wildman–Crippen LogP) is 0.0218. The molecule has 0 fully saturated rings. The molecule has 0 saturated heterocycles. The van der Waals surface area contributed by atoms with Crippen LogP contribution in [0.2, 0.25) is 0 Å². The van der Waals surface area contributed by atoms with Crippen LogP contribution in [0.3, 0.4) is 0 Å². The number of rotatable bonds is 7. The Hall–Kier alpha value is -2.86. The van der Waals surface area contributed by atoms with Gasteiger partial charge in [0.15, 0.2) is 0 Å². The van der Waals surface area contributed by atoms with E-state index < -0.39 is 12.0 Å². The summed E-state index contributed by atoms with van der Waals surface area (Å²) in [5.41, 5.74) is 2.48. The van der Waals surface area contributed by atoms with Gasteiger partial charge in [-0.05, 0) is 36.4 Å². The second kappa shape index (κ2) is 8.12. The van der Waals surface area contributed by atoms with E-state index >= 15 is 0 Å². The summed E-state index contributed by atoms with van der Waals surface area (Å²) in [4.78, 5) is 23.6. The monoisotopic (exact) mass is 327 g/mol. The minimum absolute atomic E-state index is 0.130. The molecule has 0 spiro atoms. The molecule has 0 radical (unpaired) electrons. The van der Waals surface area contributed by atoms with Gasteiger partial charge < -0.3 is 25.4 Å². The van der Waals surface area contributed by atoms with E-state index in [-0.39, 0.29) is 12.3 Å². The minimum Gasteiger partial charge on any atom is -0.544 e. The first-order valence-corrected chi connectivity index (χ1v) is 7.68. The van der Waals surface area contributed by atoms with Crippen LogP contribution in [0, 0.1) is 0 Å². The molecule has 0 aliphatic heterocycles. The zero-order valence-electron chi connectivity index (χ0n) is 13.7. The third kappa shape index (κ3) is 5.10. The maximum Gasteiger partial charge on any atom is 0.230 e. The van der Waals surface area contributed by atoms with Crippen LogP contribution in [0.4, 0.5) is 17.1 Å². The number of para-hydroxylation sites is 1. The van der Waals surface area contributed by atoms with E-state index in [2.05, 4.69) is 10.6 Å². The highest BCUT2D eigenvalue weighted by Crippen LogP contribution is 2.18. The lowest BCUT2D eigenvalue weighted by atomic mass is 10.1. The van der Waals surface area contributed by atoms with Crippen molar-refractivity contribution >= 4 is 28.9 Å². The van der Waals surface area contributed by atoms with Crippen LogP contribution < -0.4 is 20.6 Å². The molecule has 6 heteroatoms. The third-order valence-electron chi connectivity index (χ3n) is 3.60. The lowest BCUT2D eigenvalue weighted by Gasteiger charge is -2.21. The van der Waals surface area contributed by atoms with Crippen molar-refractivity contribution in [1.29, 1.82) is 0 Å². The molecule has 3 N–H and O–H groups in total. The Morgan fingerprint density at radius 1 is 0.958 bits per heavy atom. The fourth-order valence-corrected chi connectivity index (χ4v) is 2.25. The summed E-state index contributed by atoms with van der Waals surface area (Å²) in [5, 5.41) is 17.0. The number of carboxylic acid groups (broad SMARTS) is 1. The Kier molecular flexibility index (Phi) is 5.92. The molecule has 126 valence electrons. The number of amides is 1. The summed E-state index contributed by atoms with van der Waals surface area (Å²) in [6.07, 6.45) is -0.130. The number of hydrogen-bond donors (Lipinski definition) is 3. The Labute approximate surface area is 141 Å². The summed E-state index contributed by atoms with van der Waals surface area (Å²) in [6.45, 7) is 0. The van der Waals surface area contributed by atoms with Crippen molar-refractivity contribution in [3.05, 3.63) is 54.6 Å². The SMILES string of the molecule is C[NH+](C)[C@H](CC(=O)Nc1ccc(Nc2ccccc2)cc1)C(=O)[O-]. The van der Waals surface area contributed by atoms with Gasteiger partial charge in [0.05, 0.1) is 26.5 Å². The summed E-state index contributed by atoms with van der Waals surface area (Å²) >= 11 is 0. The number of likely N-dealkylation sites (N-methyl/N-ethyl adjacent to an activating group) is 1. The molecule has 0 heterocycles. The van der Waals surface area contributed by atoms with Crippen LogP contribution in [0.25, 0.3) is 0 Å². The van der Waals surface area contributed by atoms with Gasteiger partial charge in [-0.15, -0.1) is 0 Å².